The zero-order valence-corrected chi connectivity index (χ0v) is 12.4. The molecular weight excluding hydrogens is 246 g/mol. The van der Waals surface area contributed by atoms with Gasteiger partial charge in [-0.1, -0.05) is 17.7 Å². The summed E-state index contributed by atoms with van der Waals surface area (Å²) in [6, 6.07) is 8.28. The highest BCUT2D eigenvalue weighted by atomic mass is 35.5. The van der Waals surface area contributed by atoms with Crippen molar-refractivity contribution in [2.45, 2.75) is 39.2 Å². The van der Waals surface area contributed by atoms with Crippen molar-refractivity contribution in [1.82, 2.24) is 4.90 Å². The molecule has 1 saturated heterocycles. The quantitative estimate of drug-likeness (QED) is 0.827. The number of aryl methyl sites for hydroxylation is 1. The molecule has 1 aliphatic heterocycles. The molecule has 2 nitrogen and oxygen atoms in total. The standard InChI is InChI=1S/C15H23NO.ClH/c1-13-5-7-14(8-6-13)17-12-11-16-10-4-9-15(16,2)3;/h5-8H,4,9-12H2,1-3H3;1H. The fraction of sp³-hybridized carbons (Fsp3) is 0.600. The van der Waals surface area contributed by atoms with E-state index in [4.69, 9.17) is 4.74 Å². The van der Waals surface area contributed by atoms with E-state index in [0.717, 1.165) is 18.9 Å². The van der Waals surface area contributed by atoms with Crippen LogP contribution in [0.3, 0.4) is 0 Å². The topological polar surface area (TPSA) is 12.5 Å². The van der Waals surface area contributed by atoms with Gasteiger partial charge in [0.1, 0.15) is 12.4 Å². The molecule has 0 aromatic heterocycles. The van der Waals surface area contributed by atoms with Gasteiger partial charge in [-0.2, -0.15) is 0 Å². The Morgan fingerprint density at radius 1 is 1.22 bits per heavy atom. The van der Waals surface area contributed by atoms with Crippen molar-refractivity contribution in [3.63, 3.8) is 0 Å². The lowest BCUT2D eigenvalue weighted by atomic mass is 10.0. The predicted molar refractivity (Wildman–Crippen MR) is 78.8 cm³/mol. The van der Waals surface area contributed by atoms with Gasteiger partial charge < -0.3 is 4.74 Å². The van der Waals surface area contributed by atoms with Crippen LogP contribution in [0.1, 0.15) is 32.3 Å². The molecule has 1 aromatic carbocycles. The van der Waals surface area contributed by atoms with E-state index in [0.29, 0.717) is 5.54 Å². The van der Waals surface area contributed by atoms with Crippen LogP contribution < -0.4 is 4.74 Å². The molecule has 0 amide bonds. The molecule has 18 heavy (non-hydrogen) atoms. The monoisotopic (exact) mass is 269 g/mol. The van der Waals surface area contributed by atoms with Crippen LogP contribution in [0.4, 0.5) is 0 Å². The largest absolute Gasteiger partial charge is 0.492 e. The Morgan fingerprint density at radius 3 is 2.44 bits per heavy atom. The van der Waals surface area contributed by atoms with Gasteiger partial charge in [0.25, 0.3) is 0 Å². The molecule has 0 aliphatic carbocycles. The lowest BCUT2D eigenvalue weighted by Crippen LogP contribution is -2.40. The highest BCUT2D eigenvalue weighted by molar-refractivity contribution is 5.85. The molecule has 0 bridgehead atoms. The first-order valence-electron chi connectivity index (χ1n) is 6.52. The highest BCUT2D eigenvalue weighted by Crippen LogP contribution is 2.27. The van der Waals surface area contributed by atoms with Crippen molar-refractivity contribution >= 4 is 12.4 Å². The fourth-order valence-electron chi connectivity index (χ4n) is 2.49. The number of benzene rings is 1. The summed E-state index contributed by atoms with van der Waals surface area (Å²) in [5.41, 5.74) is 1.63. The molecule has 0 unspecified atom stereocenters. The Morgan fingerprint density at radius 2 is 1.89 bits per heavy atom. The molecule has 0 spiro atoms. The number of hydrogen-bond acceptors (Lipinski definition) is 2. The van der Waals surface area contributed by atoms with E-state index in [2.05, 4.69) is 37.8 Å². The van der Waals surface area contributed by atoms with Crippen LogP contribution in [-0.4, -0.2) is 30.1 Å². The van der Waals surface area contributed by atoms with Crippen molar-refractivity contribution in [3.8, 4) is 5.75 Å². The third-order valence-corrected chi connectivity index (χ3v) is 3.72. The summed E-state index contributed by atoms with van der Waals surface area (Å²) < 4.78 is 5.77. The molecule has 1 aromatic rings. The van der Waals surface area contributed by atoms with Gasteiger partial charge in [0.2, 0.25) is 0 Å². The summed E-state index contributed by atoms with van der Waals surface area (Å²) in [7, 11) is 0. The normalized spacial score (nSPS) is 18.4. The van der Waals surface area contributed by atoms with Crippen LogP contribution in [0.25, 0.3) is 0 Å². The van der Waals surface area contributed by atoms with E-state index in [1.54, 1.807) is 0 Å². The molecule has 2 rings (SSSR count). The molecule has 3 heteroatoms. The highest BCUT2D eigenvalue weighted by Gasteiger charge is 2.31. The molecule has 0 atom stereocenters. The van der Waals surface area contributed by atoms with Crippen LogP contribution in [0, 0.1) is 6.92 Å². The Balaban J connectivity index is 0.00000162. The number of halogens is 1. The summed E-state index contributed by atoms with van der Waals surface area (Å²) in [5.74, 6) is 0.979. The van der Waals surface area contributed by atoms with Crippen LogP contribution in [0.5, 0.6) is 5.75 Å². The molecule has 1 heterocycles. The second kappa shape index (κ2) is 6.44. The molecule has 1 fully saturated rings. The SMILES string of the molecule is Cc1ccc(OCCN2CCCC2(C)C)cc1.Cl. The van der Waals surface area contributed by atoms with E-state index in [1.165, 1.54) is 24.9 Å². The van der Waals surface area contributed by atoms with Crippen LogP contribution in [0.2, 0.25) is 0 Å². The molecular formula is C15H24ClNO. The van der Waals surface area contributed by atoms with Crippen molar-refractivity contribution < 1.29 is 4.74 Å². The number of hydrogen-bond donors (Lipinski definition) is 0. The number of ether oxygens (including phenoxy) is 1. The Labute approximate surface area is 117 Å². The molecule has 0 saturated carbocycles. The summed E-state index contributed by atoms with van der Waals surface area (Å²) in [6.07, 6.45) is 2.62. The Kier molecular flexibility index (Phi) is 5.48. The van der Waals surface area contributed by atoms with Gasteiger partial charge in [0, 0.05) is 12.1 Å². The van der Waals surface area contributed by atoms with Crippen LogP contribution in [0.15, 0.2) is 24.3 Å². The van der Waals surface area contributed by atoms with Crippen molar-refractivity contribution in [1.29, 1.82) is 0 Å². The van der Waals surface area contributed by atoms with Crippen LogP contribution in [-0.2, 0) is 0 Å². The fourth-order valence-corrected chi connectivity index (χ4v) is 2.49. The minimum atomic E-state index is 0. The summed E-state index contributed by atoms with van der Waals surface area (Å²) in [6.45, 7) is 9.77. The first-order chi connectivity index (χ1) is 8.08. The smallest absolute Gasteiger partial charge is 0.119 e. The van der Waals surface area contributed by atoms with E-state index in [-0.39, 0.29) is 12.4 Å². The van der Waals surface area contributed by atoms with Gasteiger partial charge in [-0.3, -0.25) is 4.90 Å². The average molecular weight is 270 g/mol. The van der Waals surface area contributed by atoms with E-state index < -0.39 is 0 Å². The summed E-state index contributed by atoms with van der Waals surface area (Å²) in [4.78, 5) is 2.53. The zero-order chi connectivity index (χ0) is 12.3. The summed E-state index contributed by atoms with van der Waals surface area (Å²) in [5, 5.41) is 0. The predicted octanol–water partition coefficient (Wildman–Crippen LogP) is 3.67. The first-order valence-corrected chi connectivity index (χ1v) is 6.52. The van der Waals surface area contributed by atoms with E-state index in [1.807, 2.05) is 12.1 Å². The second-order valence-corrected chi connectivity index (χ2v) is 5.56. The maximum Gasteiger partial charge on any atom is 0.119 e. The number of nitrogens with zero attached hydrogens (tertiary/aromatic N) is 1. The van der Waals surface area contributed by atoms with Gasteiger partial charge in [-0.15, -0.1) is 12.4 Å². The van der Waals surface area contributed by atoms with Crippen molar-refractivity contribution in [2.24, 2.45) is 0 Å². The maximum atomic E-state index is 5.77. The molecule has 1 aliphatic rings. The first kappa shape index (κ1) is 15.3. The number of likely N-dealkylation sites (tertiary alicyclic amines) is 1. The number of rotatable bonds is 4. The van der Waals surface area contributed by atoms with Gasteiger partial charge >= 0.3 is 0 Å². The van der Waals surface area contributed by atoms with E-state index >= 15 is 0 Å². The third kappa shape index (κ3) is 3.89. The van der Waals surface area contributed by atoms with Gasteiger partial charge in [-0.25, -0.2) is 0 Å². The average Bonchev–Trinajstić information content (AvgIpc) is 2.61. The molecule has 0 N–H and O–H groups in total. The van der Waals surface area contributed by atoms with E-state index in [9.17, 15) is 0 Å². The van der Waals surface area contributed by atoms with Gasteiger partial charge in [0.05, 0.1) is 0 Å². The van der Waals surface area contributed by atoms with Crippen molar-refractivity contribution in [3.05, 3.63) is 29.8 Å². The lowest BCUT2D eigenvalue weighted by molar-refractivity contribution is 0.143. The van der Waals surface area contributed by atoms with Crippen LogP contribution >= 0.6 is 12.4 Å². The van der Waals surface area contributed by atoms with Gasteiger partial charge in [-0.05, 0) is 52.3 Å². The molecule has 0 radical (unpaired) electrons. The maximum absolute atomic E-state index is 5.77. The minimum absolute atomic E-state index is 0. The second-order valence-electron chi connectivity index (χ2n) is 5.56. The summed E-state index contributed by atoms with van der Waals surface area (Å²) >= 11 is 0. The minimum Gasteiger partial charge on any atom is -0.492 e. The molecule has 102 valence electrons. The van der Waals surface area contributed by atoms with Crippen molar-refractivity contribution in [2.75, 3.05) is 19.7 Å². The van der Waals surface area contributed by atoms with Gasteiger partial charge in [0.15, 0.2) is 0 Å². The lowest BCUT2D eigenvalue weighted by Gasteiger charge is -2.31. The third-order valence-electron chi connectivity index (χ3n) is 3.72. The zero-order valence-electron chi connectivity index (χ0n) is 11.6. The Bertz CT molecular complexity index is 361. The Hall–Kier alpha value is -0.730.